The molecule has 2 rings (SSSR count). The zero-order chi connectivity index (χ0) is 17.7. The molecule has 0 bridgehead atoms. The second-order valence-corrected chi connectivity index (χ2v) is 6.15. The van der Waals surface area contributed by atoms with Crippen LogP contribution in [-0.2, 0) is 27.4 Å². The predicted molar refractivity (Wildman–Crippen MR) is 84.9 cm³/mol. The van der Waals surface area contributed by atoms with Crippen LogP contribution in [0.4, 0.5) is 4.79 Å². The Labute approximate surface area is 190 Å². The molecular weight excluding hydrogens is 351 g/mol. The Bertz CT molecular complexity index is 612. The van der Waals surface area contributed by atoms with E-state index in [2.05, 4.69) is 5.32 Å². The molecule has 2 atom stereocenters. The number of hydrogen-bond donors (Lipinski definition) is 1. The van der Waals surface area contributed by atoms with Crippen LogP contribution in [0.2, 0.25) is 0 Å². The number of nitrogens with one attached hydrogen (secondary N) is 1. The van der Waals surface area contributed by atoms with E-state index in [1.54, 1.807) is 7.11 Å². The maximum atomic E-state index is 12.5. The van der Waals surface area contributed by atoms with Gasteiger partial charge in [-0.25, -0.2) is 4.79 Å². The number of amides is 2. The first-order valence-corrected chi connectivity index (χ1v) is 7.77. The summed E-state index contributed by atoms with van der Waals surface area (Å²) in [5.74, 6) is -1.28. The zero-order valence-corrected chi connectivity index (χ0v) is 18.3. The molecule has 0 saturated carbocycles. The third-order valence-electron chi connectivity index (χ3n) is 4.37. The Morgan fingerprint density at radius 2 is 2.04 bits per heavy atom. The summed E-state index contributed by atoms with van der Waals surface area (Å²) in [4.78, 5) is 25.2. The first-order chi connectivity index (χ1) is 11.4. The van der Waals surface area contributed by atoms with Gasteiger partial charge >= 0.3 is 57.4 Å². The number of urea groups is 1. The van der Waals surface area contributed by atoms with Crippen molar-refractivity contribution >= 4 is 12.0 Å². The summed E-state index contributed by atoms with van der Waals surface area (Å²) in [6.45, 7) is 2.50. The van der Waals surface area contributed by atoms with Gasteiger partial charge in [0.15, 0.2) is 0 Å². The third-order valence-corrected chi connectivity index (χ3v) is 4.37. The fourth-order valence-corrected chi connectivity index (χ4v) is 2.95. The Hall–Kier alpha value is -0.484. The Morgan fingerprint density at radius 3 is 2.64 bits per heavy atom. The van der Waals surface area contributed by atoms with Gasteiger partial charge in [0.25, 0.3) is 0 Å². The summed E-state index contributed by atoms with van der Waals surface area (Å²) in [5.41, 5.74) is 0.544. The second-order valence-electron chi connectivity index (χ2n) is 6.15. The van der Waals surface area contributed by atoms with Crippen molar-refractivity contribution in [2.24, 2.45) is 0 Å². The van der Waals surface area contributed by atoms with Crippen molar-refractivity contribution in [3.05, 3.63) is 35.4 Å². The number of ether oxygens (including phenoxy) is 2. The first kappa shape index (κ1) is 22.6. The van der Waals surface area contributed by atoms with E-state index < -0.39 is 17.5 Å². The van der Waals surface area contributed by atoms with E-state index in [4.69, 9.17) is 9.47 Å². The predicted octanol–water partition coefficient (Wildman–Crippen LogP) is -2.72. The quantitative estimate of drug-likeness (QED) is 0.546. The number of carboxylic acid groups (broad SMARTS) is 1. The third kappa shape index (κ3) is 5.49. The minimum atomic E-state index is -1.37. The van der Waals surface area contributed by atoms with Crippen LogP contribution in [-0.4, -0.2) is 49.3 Å². The maximum absolute atomic E-state index is 12.5. The van der Waals surface area contributed by atoms with Crippen molar-refractivity contribution in [3.8, 4) is 0 Å². The van der Waals surface area contributed by atoms with E-state index in [0.29, 0.717) is 13.2 Å². The Kier molecular flexibility index (Phi) is 9.03. The van der Waals surface area contributed by atoms with Crippen LogP contribution in [0.25, 0.3) is 0 Å². The summed E-state index contributed by atoms with van der Waals surface area (Å²) in [6, 6.07) is 7.20. The number of carbonyl (C=O) groups is 2. The van der Waals surface area contributed by atoms with Crippen LogP contribution in [0.3, 0.4) is 0 Å². The number of likely N-dealkylation sites (tertiary alicyclic amines) is 1. The minimum Gasteiger partial charge on any atom is -0.548 e. The number of carbonyl (C=O) groups excluding carboxylic acids is 2. The molecule has 1 aliphatic heterocycles. The first-order valence-electron chi connectivity index (χ1n) is 7.77. The summed E-state index contributed by atoms with van der Waals surface area (Å²) >= 11 is 0. The van der Waals surface area contributed by atoms with Crippen LogP contribution in [0.1, 0.15) is 24.5 Å². The summed E-state index contributed by atoms with van der Waals surface area (Å²) in [7, 11) is 3.12. The van der Waals surface area contributed by atoms with Gasteiger partial charge in [-0.15, -0.1) is 0 Å². The molecule has 0 aromatic heterocycles. The van der Waals surface area contributed by atoms with Crippen molar-refractivity contribution in [1.82, 2.24) is 10.2 Å². The largest absolute Gasteiger partial charge is 1.00 e. The number of aliphatic carboxylic acids is 1. The molecule has 0 radical (unpaired) electrons. The molecule has 2 amide bonds. The molecule has 1 aromatic rings. The normalized spacial score (nSPS) is 22.4. The number of hydrogen-bond acceptors (Lipinski definition) is 5. The molecule has 25 heavy (non-hydrogen) atoms. The molecule has 1 heterocycles. The average Bonchev–Trinajstić information content (AvgIpc) is 2.92. The molecule has 1 N–H and O–H groups in total. The molecule has 1 aromatic carbocycles. The van der Waals surface area contributed by atoms with Crippen molar-refractivity contribution < 1.29 is 75.6 Å². The molecule has 1 fully saturated rings. The zero-order valence-electron chi connectivity index (χ0n) is 15.2. The molecule has 132 valence electrons. The Balaban J connectivity index is 0.00000312. The van der Waals surface area contributed by atoms with E-state index in [1.165, 1.54) is 18.9 Å². The summed E-state index contributed by atoms with van der Waals surface area (Å²) in [6.07, 6.45) is -0.105. The van der Waals surface area contributed by atoms with Gasteiger partial charge in [0, 0.05) is 33.7 Å². The van der Waals surface area contributed by atoms with Gasteiger partial charge in [-0.05, 0) is 18.1 Å². The van der Waals surface area contributed by atoms with Crippen molar-refractivity contribution in [3.63, 3.8) is 0 Å². The molecular formula is C17H23KN2O5. The van der Waals surface area contributed by atoms with E-state index >= 15 is 0 Å². The van der Waals surface area contributed by atoms with E-state index in [1.807, 2.05) is 24.3 Å². The smallest absolute Gasteiger partial charge is 0.548 e. The van der Waals surface area contributed by atoms with Crippen molar-refractivity contribution in [1.29, 1.82) is 0 Å². The molecule has 0 aliphatic carbocycles. The molecule has 7 nitrogen and oxygen atoms in total. The van der Waals surface area contributed by atoms with Gasteiger partial charge in [0.1, 0.15) is 0 Å². The standard InChI is InChI=1S/C17H24N2O5.K/c1-17(15(20)21)8-14(24-3)10-19(17)16(22)18-9-12-5-4-6-13(7-12)11-23-2;/h4-7,14H,8-11H2,1-3H3,(H,18,22)(H,20,21);/q;+1/p-1. The van der Waals surface area contributed by atoms with Crippen LogP contribution in [0.5, 0.6) is 0 Å². The Morgan fingerprint density at radius 1 is 1.36 bits per heavy atom. The SMILES string of the molecule is COCc1cccc(CNC(=O)N2CC(OC)CC2(C)C(=O)[O-])c1.[K+]. The van der Waals surface area contributed by atoms with Crippen LogP contribution >= 0.6 is 0 Å². The van der Waals surface area contributed by atoms with Gasteiger partial charge in [-0.2, -0.15) is 0 Å². The van der Waals surface area contributed by atoms with Crippen LogP contribution in [0.15, 0.2) is 24.3 Å². The van der Waals surface area contributed by atoms with Crippen LogP contribution < -0.4 is 61.8 Å². The monoisotopic (exact) mass is 374 g/mol. The number of nitrogens with zero attached hydrogens (tertiary/aromatic N) is 1. The molecule has 1 aliphatic rings. The summed E-state index contributed by atoms with van der Waals surface area (Å²) in [5, 5.41) is 14.3. The number of carboxylic acids is 1. The number of methoxy groups -OCH3 is 2. The van der Waals surface area contributed by atoms with Crippen molar-refractivity contribution in [2.75, 3.05) is 20.8 Å². The maximum Gasteiger partial charge on any atom is 1.00 e. The van der Waals surface area contributed by atoms with E-state index in [-0.39, 0.29) is 70.5 Å². The van der Waals surface area contributed by atoms with Gasteiger partial charge in [0.05, 0.1) is 24.2 Å². The molecule has 0 spiro atoms. The van der Waals surface area contributed by atoms with E-state index in [9.17, 15) is 14.7 Å². The fraction of sp³-hybridized carbons (Fsp3) is 0.529. The summed E-state index contributed by atoms with van der Waals surface area (Å²) < 4.78 is 10.3. The number of benzene rings is 1. The molecule has 2 unspecified atom stereocenters. The van der Waals surface area contributed by atoms with Crippen molar-refractivity contribution in [2.45, 2.75) is 38.1 Å². The molecule has 8 heteroatoms. The van der Waals surface area contributed by atoms with E-state index in [0.717, 1.165) is 11.1 Å². The second kappa shape index (κ2) is 10.0. The van der Waals surface area contributed by atoms with Gasteiger partial charge in [0.2, 0.25) is 0 Å². The molecule has 1 saturated heterocycles. The fourth-order valence-electron chi connectivity index (χ4n) is 2.95. The van der Waals surface area contributed by atoms with Gasteiger partial charge in [-0.3, -0.25) is 0 Å². The number of rotatable bonds is 6. The average molecular weight is 374 g/mol. The van der Waals surface area contributed by atoms with Crippen LogP contribution in [0, 0.1) is 0 Å². The minimum absolute atomic E-state index is 0. The van der Waals surface area contributed by atoms with Gasteiger partial charge in [-0.1, -0.05) is 24.3 Å². The topological polar surface area (TPSA) is 90.9 Å². The van der Waals surface area contributed by atoms with Gasteiger partial charge < -0.3 is 29.6 Å².